The van der Waals surface area contributed by atoms with Crippen LogP contribution in [0.15, 0.2) is 24.3 Å². The first kappa shape index (κ1) is 14.4. The van der Waals surface area contributed by atoms with E-state index in [1.54, 1.807) is 6.07 Å². The van der Waals surface area contributed by atoms with E-state index >= 15 is 0 Å². The van der Waals surface area contributed by atoms with Gasteiger partial charge in [0.15, 0.2) is 0 Å². The average Bonchev–Trinajstić information content (AvgIpc) is 2.89. The lowest BCUT2D eigenvalue weighted by molar-refractivity contribution is -0.137. The lowest BCUT2D eigenvalue weighted by atomic mass is 9.92. The Kier molecular flexibility index (Phi) is 4.50. The van der Waals surface area contributed by atoms with Crippen LogP contribution in [0.5, 0.6) is 0 Å². The second-order valence-corrected chi connectivity index (χ2v) is 5.34. The van der Waals surface area contributed by atoms with Crippen LogP contribution in [0.3, 0.4) is 0 Å². The van der Waals surface area contributed by atoms with Crippen LogP contribution in [0.4, 0.5) is 13.2 Å². The van der Waals surface area contributed by atoms with Crippen LogP contribution in [-0.4, -0.2) is 13.1 Å². The van der Waals surface area contributed by atoms with Crippen molar-refractivity contribution < 1.29 is 13.2 Å². The van der Waals surface area contributed by atoms with Crippen molar-refractivity contribution in [3.05, 3.63) is 35.4 Å². The molecule has 1 unspecified atom stereocenters. The van der Waals surface area contributed by atoms with Crippen LogP contribution in [0.25, 0.3) is 0 Å². The van der Waals surface area contributed by atoms with E-state index < -0.39 is 11.7 Å². The minimum absolute atomic E-state index is 0.283. The number of likely N-dealkylation sites (N-methyl/N-ethyl adjacent to an activating group) is 1. The van der Waals surface area contributed by atoms with Gasteiger partial charge in [0.2, 0.25) is 0 Å². The Bertz CT molecular complexity index is 408. The van der Waals surface area contributed by atoms with Gasteiger partial charge in [-0.05, 0) is 43.9 Å². The topological polar surface area (TPSA) is 12.0 Å². The molecule has 0 heterocycles. The molecular weight excluding hydrogens is 251 g/mol. The molecule has 4 heteroatoms. The van der Waals surface area contributed by atoms with E-state index in [1.165, 1.54) is 37.8 Å². The molecule has 1 aliphatic rings. The SMILES string of the molecule is CNC(Cc1cccc(C(F)(F)F)c1)C1CCCC1. The molecule has 1 aliphatic carbocycles. The molecule has 0 aromatic heterocycles. The molecule has 1 saturated carbocycles. The van der Waals surface area contributed by atoms with Gasteiger partial charge in [0, 0.05) is 6.04 Å². The van der Waals surface area contributed by atoms with Crippen molar-refractivity contribution in [1.82, 2.24) is 5.32 Å². The molecule has 106 valence electrons. The van der Waals surface area contributed by atoms with E-state index in [4.69, 9.17) is 0 Å². The molecule has 1 atom stereocenters. The molecule has 1 aromatic rings. The second kappa shape index (κ2) is 5.95. The summed E-state index contributed by atoms with van der Waals surface area (Å²) in [4.78, 5) is 0. The summed E-state index contributed by atoms with van der Waals surface area (Å²) in [5.41, 5.74) is 0.215. The van der Waals surface area contributed by atoms with Gasteiger partial charge in [-0.2, -0.15) is 13.2 Å². The maximum Gasteiger partial charge on any atom is 0.416 e. The average molecular weight is 271 g/mol. The summed E-state index contributed by atoms with van der Waals surface area (Å²) in [5, 5.41) is 3.27. The summed E-state index contributed by atoms with van der Waals surface area (Å²) in [7, 11) is 1.90. The van der Waals surface area contributed by atoms with E-state index in [0.29, 0.717) is 12.3 Å². The number of benzene rings is 1. The summed E-state index contributed by atoms with van der Waals surface area (Å²) < 4.78 is 38.0. The van der Waals surface area contributed by atoms with Crippen molar-refractivity contribution in [3.8, 4) is 0 Å². The number of halogens is 3. The van der Waals surface area contributed by atoms with Crippen molar-refractivity contribution in [2.75, 3.05) is 7.05 Å². The van der Waals surface area contributed by atoms with E-state index in [0.717, 1.165) is 11.6 Å². The highest BCUT2D eigenvalue weighted by Gasteiger charge is 2.31. The zero-order chi connectivity index (χ0) is 13.9. The fourth-order valence-electron chi connectivity index (χ4n) is 2.99. The van der Waals surface area contributed by atoms with Crippen LogP contribution in [0, 0.1) is 5.92 Å². The Morgan fingerprint density at radius 2 is 1.95 bits per heavy atom. The summed E-state index contributed by atoms with van der Waals surface area (Å²) in [5.74, 6) is 0.597. The van der Waals surface area contributed by atoms with Crippen molar-refractivity contribution in [3.63, 3.8) is 0 Å². The molecule has 0 bridgehead atoms. The Morgan fingerprint density at radius 3 is 2.53 bits per heavy atom. The smallest absolute Gasteiger partial charge is 0.316 e. The van der Waals surface area contributed by atoms with Gasteiger partial charge in [0.25, 0.3) is 0 Å². The first-order chi connectivity index (χ1) is 9.00. The lowest BCUT2D eigenvalue weighted by Gasteiger charge is -2.23. The Balaban J connectivity index is 2.09. The van der Waals surface area contributed by atoms with Gasteiger partial charge in [-0.3, -0.25) is 0 Å². The van der Waals surface area contributed by atoms with E-state index in [-0.39, 0.29) is 6.04 Å². The fourth-order valence-corrected chi connectivity index (χ4v) is 2.99. The van der Waals surface area contributed by atoms with Gasteiger partial charge >= 0.3 is 6.18 Å². The second-order valence-electron chi connectivity index (χ2n) is 5.34. The quantitative estimate of drug-likeness (QED) is 0.872. The van der Waals surface area contributed by atoms with Gasteiger partial charge in [0.05, 0.1) is 5.56 Å². The maximum atomic E-state index is 12.7. The highest BCUT2D eigenvalue weighted by Crippen LogP contribution is 2.32. The summed E-state index contributed by atoms with van der Waals surface area (Å²) in [6, 6.07) is 5.98. The molecule has 0 saturated heterocycles. The van der Waals surface area contributed by atoms with E-state index in [2.05, 4.69) is 5.32 Å². The van der Waals surface area contributed by atoms with Crippen molar-refractivity contribution >= 4 is 0 Å². The monoisotopic (exact) mass is 271 g/mol. The Labute approximate surface area is 112 Å². The van der Waals surface area contributed by atoms with Crippen LogP contribution >= 0.6 is 0 Å². The number of hydrogen-bond acceptors (Lipinski definition) is 1. The van der Waals surface area contributed by atoms with E-state index in [9.17, 15) is 13.2 Å². The largest absolute Gasteiger partial charge is 0.416 e. The number of nitrogens with one attached hydrogen (secondary N) is 1. The van der Waals surface area contributed by atoms with Crippen LogP contribution < -0.4 is 5.32 Å². The predicted octanol–water partition coefficient (Wildman–Crippen LogP) is 4.03. The minimum atomic E-state index is -4.25. The predicted molar refractivity (Wildman–Crippen MR) is 70.0 cm³/mol. The van der Waals surface area contributed by atoms with E-state index in [1.807, 2.05) is 7.05 Å². The number of rotatable bonds is 4. The standard InChI is InChI=1S/C15H20F3N/c1-19-14(12-6-2-3-7-12)10-11-5-4-8-13(9-11)15(16,17)18/h4-5,8-9,12,14,19H,2-3,6-7,10H2,1H3. The molecule has 2 rings (SSSR count). The zero-order valence-electron chi connectivity index (χ0n) is 11.1. The number of hydrogen-bond donors (Lipinski definition) is 1. The lowest BCUT2D eigenvalue weighted by Crippen LogP contribution is -2.34. The minimum Gasteiger partial charge on any atom is -0.316 e. The van der Waals surface area contributed by atoms with Gasteiger partial charge in [-0.1, -0.05) is 31.0 Å². The molecule has 0 spiro atoms. The summed E-state index contributed by atoms with van der Waals surface area (Å²) in [6.07, 6.45) is 1.27. The summed E-state index contributed by atoms with van der Waals surface area (Å²) in [6.45, 7) is 0. The molecule has 0 aliphatic heterocycles. The van der Waals surface area contributed by atoms with Gasteiger partial charge in [-0.15, -0.1) is 0 Å². The highest BCUT2D eigenvalue weighted by molar-refractivity contribution is 5.26. The van der Waals surface area contributed by atoms with Crippen LogP contribution in [0.2, 0.25) is 0 Å². The molecule has 1 N–H and O–H groups in total. The summed E-state index contributed by atoms with van der Waals surface area (Å²) >= 11 is 0. The third kappa shape index (κ3) is 3.72. The Hall–Kier alpha value is -1.03. The molecule has 1 fully saturated rings. The van der Waals surface area contributed by atoms with Crippen molar-refractivity contribution in [2.24, 2.45) is 5.92 Å². The first-order valence-corrected chi connectivity index (χ1v) is 6.84. The van der Waals surface area contributed by atoms with Crippen molar-refractivity contribution in [2.45, 2.75) is 44.3 Å². The molecule has 1 nitrogen and oxygen atoms in total. The molecule has 1 aromatic carbocycles. The fraction of sp³-hybridized carbons (Fsp3) is 0.600. The normalized spacial score (nSPS) is 18.7. The third-order valence-electron chi connectivity index (χ3n) is 4.05. The van der Waals surface area contributed by atoms with Gasteiger partial charge < -0.3 is 5.32 Å². The van der Waals surface area contributed by atoms with Crippen molar-refractivity contribution in [1.29, 1.82) is 0 Å². The first-order valence-electron chi connectivity index (χ1n) is 6.84. The number of alkyl halides is 3. The highest BCUT2D eigenvalue weighted by atomic mass is 19.4. The molecule has 0 radical (unpaired) electrons. The van der Waals surface area contributed by atoms with Gasteiger partial charge in [-0.25, -0.2) is 0 Å². The maximum absolute atomic E-state index is 12.7. The van der Waals surface area contributed by atoms with Crippen LogP contribution in [-0.2, 0) is 12.6 Å². The molecular formula is C15H20F3N. The van der Waals surface area contributed by atoms with Crippen LogP contribution in [0.1, 0.15) is 36.8 Å². The Morgan fingerprint density at radius 1 is 1.26 bits per heavy atom. The third-order valence-corrected chi connectivity index (χ3v) is 4.05. The zero-order valence-corrected chi connectivity index (χ0v) is 11.1. The molecule has 0 amide bonds. The van der Waals surface area contributed by atoms with Gasteiger partial charge in [0.1, 0.15) is 0 Å². The molecule has 19 heavy (non-hydrogen) atoms.